The van der Waals surface area contributed by atoms with Crippen LogP contribution in [-0.4, -0.2) is 28.4 Å². The lowest BCUT2D eigenvalue weighted by atomic mass is 9.52. The number of hydrogen-bond acceptors (Lipinski definition) is 3. The van der Waals surface area contributed by atoms with Crippen molar-refractivity contribution in [1.82, 2.24) is 4.90 Å². The van der Waals surface area contributed by atoms with Crippen LogP contribution in [0, 0.1) is 11.8 Å². The Morgan fingerprint density at radius 3 is 2.56 bits per heavy atom. The van der Waals surface area contributed by atoms with Crippen molar-refractivity contribution >= 4 is 23.4 Å². The number of imide groups is 1. The van der Waals surface area contributed by atoms with Gasteiger partial charge in [-0.3, -0.25) is 14.5 Å². The summed E-state index contributed by atoms with van der Waals surface area (Å²) in [6.45, 7) is 2.10. The van der Waals surface area contributed by atoms with E-state index >= 15 is 0 Å². The highest BCUT2D eigenvalue weighted by Crippen LogP contribution is 2.63. The highest BCUT2D eigenvalue weighted by molar-refractivity contribution is 6.31. The van der Waals surface area contributed by atoms with Crippen LogP contribution >= 0.6 is 11.6 Å². The van der Waals surface area contributed by atoms with Gasteiger partial charge in [-0.05, 0) is 29.7 Å². The van der Waals surface area contributed by atoms with Crippen LogP contribution in [0.4, 0.5) is 0 Å². The van der Waals surface area contributed by atoms with E-state index in [9.17, 15) is 14.7 Å². The Morgan fingerprint density at radius 2 is 1.80 bits per heavy atom. The van der Waals surface area contributed by atoms with E-state index in [0.29, 0.717) is 22.7 Å². The van der Waals surface area contributed by atoms with Crippen molar-refractivity contribution in [2.45, 2.75) is 18.4 Å². The van der Waals surface area contributed by atoms with E-state index in [1.54, 1.807) is 13.0 Å². The van der Waals surface area contributed by atoms with E-state index in [1.165, 1.54) is 4.90 Å². The van der Waals surface area contributed by atoms with Crippen molar-refractivity contribution in [3.63, 3.8) is 0 Å². The zero-order valence-electron chi connectivity index (χ0n) is 13.6. The normalized spacial score (nSPS) is 31.8. The van der Waals surface area contributed by atoms with Crippen LogP contribution in [0.15, 0.2) is 42.5 Å². The molecule has 4 nitrogen and oxygen atoms in total. The fourth-order valence-electron chi connectivity index (χ4n) is 5.17. The molecule has 1 saturated heterocycles. The molecule has 2 aromatic carbocycles. The zero-order chi connectivity index (χ0) is 17.5. The molecule has 5 heteroatoms. The highest BCUT2D eigenvalue weighted by Gasteiger charge is 2.68. The molecule has 2 aromatic rings. The van der Waals surface area contributed by atoms with Crippen LogP contribution in [0.25, 0.3) is 0 Å². The number of benzene rings is 2. The number of rotatable bonds is 1. The molecule has 1 heterocycles. The van der Waals surface area contributed by atoms with Crippen molar-refractivity contribution < 1.29 is 14.7 Å². The van der Waals surface area contributed by atoms with Crippen molar-refractivity contribution in [2.75, 3.05) is 6.54 Å². The lowest BCUT2D eigenvalue weighted by Crippen LogP contribution is -2.53. The van der Waals surface area contributed by atoms with Crippen molar-refractivity contribution in [3.05, 3.63) is 69.7 Å². The molecule has 4 atom stereocenters. The smallest absolute Gasteiger partial charge is 0.236 e. The molecule has 0 aromatic heterocycles. The zero-order valence-corrected chi connectivity index (χ0v) is 14.3. The first-order valence-corrected chi connectivity index (χ1v) is 8.85. The third-order valence-corrected chi connectivity index (χ3v) is 6.35. The summed E-state index contributed by atoms with van der Waals surface area (Å²) in [6, 6.07) is 13.0. The second-order valence-corrected chi connectivity index (χ2v) is 7.37. The van der Waals surface area contributed by atoms with Gasteiger partial charge in [-0.15, -0.1) is 0 Å². The predicted molar refractivity (Wildman–Crippen MR) is 92.1 cm³/mol. The van der Waals surface area contributed by atoms with E-state index in [0.717, 1.165) is 11.1 Å². The summed E-state index contributed by atoms with van der Waals surface area (Å²) in [5, 5.41) is 12.3. The lowest BCUT2D eigenvalue weighted by Gasteiger charge is -2.51. The van der Waals surface area contributed by atoms with Crippen LogP contribution < -0.4 is 0 Å². The average molecular weight is 354 g/mol. The van der Waals surface area contributed by atoms with E-state index in [2.05, 4.69) is 0 Å². The quantitative estimate of drug-likeness (QED) is 0.802. The maximum absolute atomic E-state index is 13.0. The number of hydrogen-bond donors (Lipinski definition) is 1. The van der Waals surface area contributed by atoms with Gasteiger partial charge in [0, 0.05) is 23.0 Å². The van der Waals surface area contributed by atoms with Gasteiger partial charge in [0.05, 0.1) is 11.8 Å². The fraction of sp³-hybridized carbons (Fsp3) is 0.300. The average Bonchev–Trinajstić information content (AvgIpc) is 2.87. The third kappa shape index (κ3) is 1.53. The van der Waals surface area contributed by atoms with Gasteiger partial charge in [-0.1, -0.05) is 48.0 Å². The molecule has 3 aliphatic carbocycles. The van der Waals surface area contributed by atoms with Crippen LogP contribution in [0.3, 0.4) is 0 Å². The molecule has 1 N–H and O–H groups in total. The molecule has 1 aliphatic heterocycles. The lowest BCUT2D eigenvalue weighted by molar-refractivity contribution is -0.141. The largest absolute Gasteiger partial charge is 0.379 e. The Kier molecular flexibility index (Phi) is 2.85. The Bertz CT molecular complexity index is 956. The molecule has 4 unspecified atom stereocenters. The molecule has 6 rings (SSSR count). The molecule has 0 radical (unpaired) electrons. The third-order valence-electron chi connectivity index (χ3n) is 6.04. The second kappa shape index (κ2) is 4.71. The maximum Gasteiger partial charge on any atom is 0.236 e. The summed E-state index contributed by atoms with van der Waals surface area (Å²) >= 11 is 6.47. The monoisotopic (exact) mass is 353 g/mol. The van der Waals surface area contributed by atoms with Gasteiger partial charge in [0.1, 0.15) is 5.60 Å². The van der Waals surface area contributed by atoms with Gasteiger partial charge in [0.15, 0.2) is 0 Å². The number of likely N-dealkylation sites (tertiary alicyclic amines) is 1. The summed E-state index contributed by atoms with van der Waals surface area (Å²) in [7, 11) is 0. The van der Waals surface area contributed by atoms with Crippen LogP contribution in [0.5, 0.6) is 0 Å². The van der Waals surface area contributed by atoms with Gasteiger partial charge in [-0.2, -0.15) is 0 Å². The Hall–Kier alpha value is -2.17. The first kappa shape index (κ1) is 15.1. The first-order valence-electron chi connectivity index (χ1n) is 8.47. The molecule has 0 spiro atoms. The van der Waals surface area contributed by atoms with Crippen molar-refractivity contribution in [2.24, 2.45) is 11.8 Å². The van der Waals surface area contributed by atoms with Gasteiger partial charge in [0.2, 0.25) is 11.8 Å². The van der Waals surface area contributed by atoms with E-state index < -0.39 is 17.4 Å². The number of halogens is 1. The van der Waals surface area contributed by atoms with Crippen LogP contribution in [0.1, 0.15) is 35.1 Å². The molecular weight excluding hydrogens is 338 g/mol. The molecule has 2 bridgehead atoms. The number of nitrogens with zero attached hydrogens (tertiary/aromatic N) is 1. The topological polar surface area (TPSA) is 57.6 Å². The summed E-state index contributed by atoms with van der Waals surface area (Å²) in [5.74, 6) is -2.13. The van der Waals surface area contributed by atoms with Gasteiger partial charge >= 0.3 is 0 Å². The summed E-state index contributed by atoms with van der Waals surface area (Å²) in [4.78, 5) is 27.3. The number of amides is 2. The Morgan fingerprint density at radius 1 is 1.08 bits per heavy atom. The maximum atomic E-state index is 13.0. The number of aliphatic hydroxyl groups is 1. The number of carbonyl (C=O) groups is 2. The first-order chi connectivity index (χ1) is 12.0. The molecule has 0 saturated carbocycles. The van der Waals surface area contributed by atoms with Gasteiger partial charge in [-0.25, -0.2) is 0 Å². The highest BCUT2D eigenvalue weighted by atomic mass is 35.5. The van der Waals surface area contributed by atoms with Gasteiger partial charge in [0.25, 0.3) is 0 Å². The molecule has 25 heavy (non-hydrogen) atoms. The SMILES string of the molecule is CCN1C(=O)C2C3c4ccccc4C(O)(c4c(Cl)cccc43)C2C1=O. The summed E-state index contributed by atoms with van der Waals surface area (Å²) in [5.41, 5.74) is 1.48. The minimum absolute atomic E-state index is 0.193. The standard InChI is InChI=1S/C20H16ClNO3/c1-2-22-18(23)15-14-10-6-3-4-8-12(10)20(25,17(15)19(22)24)16-11(14)7-5-9-13(16)21/h3-9,14-15,17,25H,2H2,1H3. The summed E-state index contributed by atoms with van der Waals surface area (Å²) in [6.07, 6.45) is 0. The molecule has 4 aliphatic rings. The minimum Gasteiger partial charge on any atom is -0.379 e. The van der Waals surface area contributed by atoms with E-state index in [4.69, 9.17) is 11.6 Å². The second-order valence-electron chi connectivity index (χ2n) is 6.96. The molecular formula is C20H16ClNO3. The molecule has 2 amide bonds. The minimum atomic E-state index is -1.57. The van der Waals surface area contributed by atoms with Crippen molar-refractivity contribution in [1.29, 1.82) is 0 Å². The Labute approximate surface area is 150 Å². The fourth-order valence-corrected chi connectivity index (χ4v) is 5.49. The van der Waals surface area contributed by atoms with Gasteiger partial charge < -0.3 is 5.11 Å². The Balaban J connectivity index is 1.91. The predicted octanol–water partition coefficient (Wildman–Crippen LogP) is 2.66. The molecule has 126 valence electrons. The van der Waals surface area contributed by atoms with Crippen LogP contribution in [-0.2, 0) is 15.2 Å². The van der Waals surface area contributed by atoms with Crippen LogP contribution in [0.2, 0.25) is 5.02 Å². The number of carbonyl (C=O) groups excluding carboxylic acids is 2. The summed E-state index contributed by atoms with van der Waals surface area (Å²) < 4.78 is 0. The van der Waals surface area contributed by atoms with Crippen molar-refractivity contribution in [3.8, 4) is 0 Å². The van der Waals surface area contributed by atoms with E-state index in [-0.39, 0.29) is 17.7 Å². The van der Waals surface area contributed by atoms with E-state index in [1.807, 2.05) is 36.4 Å². The molecule has 1 fully saturated rings.